The number of aryl methyl sites for hydroxylation is 1. The topological polar surface area (TPSA) is 70.5 Å². The highest BCUT2D eigenvalue weighted by molar-refractivity contribution is 5.60. The van der Waals surface area contributed by atoms with Gasteiger partial charge >= 0.3 is 0 Å². The molecule has 0 saturated carbocycles. The lowest BCUT2D eigenvalue weighted by Gasteiger charge is -2.36. The largest absolute Gasteiger partial charge is 0.378 e. The number of aromatic nitrogens is 4. The van der Waals surface area contributed by atoms with Crippen molar-refractivity contribution >= 4 is 17.7 Å². The maximum atomic E-state index is 14.7. The average molecular weight is 436 g/mol. The molecule has 2 fully saturated rings. The molecule has 2 saturated heterocycles. The second-order valence-corrected chi connectivity index (χ2v) is 8.00. The van der Waals surface area contributed by atoms with Gasteiger partial charge in [0.15, 0.2) is 5.82 Å². The van der Waals surface area contributed by atoms with Crippen LogP contribution in [-0.4, -0.2) is 72.4 Å². The quantitative estimate of drug-likeness (QED) is 0.619. The van der Waals surface area contributed by atoms with Crippen LogP contribution in [0.1, 0.15) is 5.56 Å². The Morgan fingerprint density at radius 3 is 2.19 bits per heavy atom. The van der Waals surface area contributed by atoms with Crippen molar-refractivity contribution in [3.05, 3.63) is 54.0 Å². The van der Waals surface area contributed by atoms with E-state index < -0.39 is 0 Å². The Morgan fingerprint density at radius 2 is 1.50 bits per heavy atom. The lowest BCUT2D eigenvalue weighted by atomic mass is 10.1. The minimum absolute atomic E-state index is 0.333. The molecule has 0 radical (unpaired) electrons. The summed E-state index contributed by atoms with van der Waals surface area (Å²) in [5.74, 6) is 2.16. The van der Waals surface area contributed by atoms with Crippen molar-refractivity contribution in [3.8, 4) is 11.4 Å². The van der Waals surface area contributed by atoms with Gasteiger partial charge in [0.2, 0.25) is 11.9 Å². The average Bonchev–Trinajstić information content (AvgIpc) is 2.86. The van der Waals surface area contributed by atoms with Gasteiger partial charge in [-0.1, -0.05) is 17.7 Å². The molecule has 2 aliphatic heterocycles. The number of piperazine rings is 1. The zero-order chi connectivity index (χ0) is 21.9. The van der Waals surface area contributed by atoms with E-state index in [0.29, 0.717) is 49.6 Å². The molecule has 0 aliphatic carbocycles. The molecule has 8 nitrogen and oxygen atoms in total. The Hall–Kier alpha value is -3.33. The van der Waals surface area contributed by atoms with Crippen LogP contribution < -0.4 is 14.7 Å². The number of pyridine rings is 1. The number of halogens is 1. The first kappa shape index (κ1) is 20.6. The summed E-state index contributed by atoms with van der Waals surface area (Å²) in [4.78, 5) is 25.0. The lowest BCUT2D eigenvalue weighted by Crippen LogP contribution is -2.47. The molecule has 166 valence electrons. The van der Waals surface area contributed by atoms with Crippen LogP contribution in [0.25, 0.3) is 11.4 Å². The maximum absolute atomic E-state index is 14.7. The minimum atomic E-state index is -0.333. The summed E-state index contributed by atoms with van der Waals surface area (Å²) in [5.41, 5.74) is 1.36. The molecule has 3 aromatic rings. The molecule has 1 aromatic carbocycles. The van der Waals surface area contributed by atoms with Crippen LogP contribution >= 0.6 is 0 Å². The van der Waals surface area contributed by atoms with Crippen molar-refractivity contribution in [2.75, 3.05) is 67.2 Å². The molecule has 0 amide bonds. The number of ether oxygens (including phenoxy) is 1. The number of hydrogen-bond acceptors (Lipinski definition) is 8. The smallest absolute Gasteiger partial charge is 0.230 e. The molecule has 2 aliphatic rings. The fraction of sp³-hybridized carbons (Fsp3) is 0.391. The van der Waals surface area contributed by atoms with E-state index in [1.807, 2.05) is 31.3 Å². The highest BCUT2D eigenvalue weighted by atomic mass is 19.1. The molecule has 0 N–H and O–H groups in total. The predicted molar refractivity (Wildman–Crippen MR) is 122 cm³/mol. The van der Waals surface area contributed by atoms with Crippen LogP contribution in [-0.2, 0) is 4.74 Å². The van der Waals surface area contributed by atoms with Gasteiger partial charge in [0.25, 0.3) is 0 Å². The Balaban J connectivity index is 1.45. The highest BCUT2D eigenvalue weighted by Gasteiger charge is 2.24. The van der Waals surface area contributed by atoms with Crippen molar-refractivity contribution in [2.45, 2.75) is 6.92 Å². The molecule has 2 aromatic heterocycles. The van der Waals surface area contributed by atoms with Gasteiger partial charge < -0.3 is 19.4 Å². The summed E-state index contributed by atoms with van der Waals surface area (Å²) >= 11 is 0. The molecular weight excluding hydrogens is 409 g/mol. The van der Waals surface area contributed by atoms with Crippen molar-refractivity contribution < 1.29 is 9.13 Å². The van der Waals surface area contributed by atoms with Crippen LogP contribution in [0.4, 0.5) is 22.1 Å². The van der Waals surface area contributed by atoms with E-state index in [4.69, 9.17) is 14.7 Å². The summed E-state index contributed by atoms with van der Waals surface area (Å²) in [7, 11) is 0. The molecule has 9 heteroatoms. The van der Waals surface area contributed by atoms with Gasteiger partial charge in [-0.3, -0.25) is 0 Å². The third-order valence-electron chi connectivity index (χ3n) is 5.80. The van der Waals surface area contributed by atoms with E-state index >= 15 is 0 Å². The Kier molecular flexibility index (Phi) is 5.81. The monoisotopic (exact) mass is 435 g/mol. The van der Waals surface area contributed by atoms with Gasteiger partial charge in [-0.05, 0) is 31.2 Å². The zero-order valence-corrected chi connectivity index (χ0v) is 18.1. The number of nitrogens with zero attached hydrogens (tertiary/aromatic N) is 7. The van der Waals surface area contributed by atoms with Gasteiger partial charge in [0, 0.05) is 45.5 Å². The van der Waals surface area contributed by atoms with E-state index in [1.165, 1.54) is 6.07 Å². The van der Waals surface area contributed by atoms with Gasteiger partial charge in [-0.2, -0.15) is 15.0 Å². The van der Waals surface area contributed by atoms with Gasteiger partial charge in [-0.15, -0.1) is 0 Å². The number of hydrogen-bond donors (Lipinski definition) is 0. The van der Waals surface area contributed by atoms with Crippen LogP contribution in [0.3, 0.4) is 0 Å². The Morgan fingerprint density at radius 1 is 0.812 bits per heavy atom. The van der Waals surface area contributed by atoms with Crippen molar-refractivity contribution in [1.29, 1.82) is 0 Å². The summed E-state index contributed by atoms with van der Waals surface area (Å²) in [6.07, 6.45) is 1.81. The normalized spacial score (nSPS) is 17.0. The summed E-state index contributed by atoms with van der Waals surface area (Å²) in [5, 5.41) is 0. The lowest BCUT2D eigenvalue weighted by molar-refractivity contribution is 0.122. The number of anilines is 3. The SMILES string of the molecule is Cc1ccc(F)c(-c2nc(N3CCOCC3)nc(N3CCN(c4ccccn4)CC3)n2)c1. The van der Waals surface area contributed by atoms with E-state index in [9.17, 15) is 4.39 Å². The summed E-state index contributed by atoms with van der Waals surface area (Å²) in [6, 6.07) is 10.9. The molecule has 5 rings (SSSR count). The number of benzene rings is 1. The second-order valence-electron chi connectivity index (χ2n) is 8.00. The molecule has 0 bridgehead atoms. The number of rotatable bonds is 4. The molecule has 0 atom stereocenters. The first-order valence-corrected chi connectivity index (χ1v) is 10.9. The van der Waals surface area contributed by atoms with Gasteiger partial charge in [0.05, 0.1) is 18.8 Å². The first-order chi connectivity index (χ1) is 15.7. The van der Waals surface area contributed by atoms with Crippen LogP contribution in [0.2, 0.25) is 0 Å². The van der Waals surface area contributed by atoms with Gasteiger partial charge in [0.1, 0.15) is 11.6 Å². The third kappa shape index (κ3) is 4.34. The van der Waals surface area contributed by atoms with Crippen molar-refractivity contribution in [1.82, 2.24) is 19.9 Å². The van der Waals surface area contributed by atoms with E-state index in [2.05, 4.69) is 24.7 Å². The highest BCUT2D eigenvalue weighted by Crippen LogP contribution is 2.26. The maximum Gasteiger partial charge on any atom is 0.230 e. The minimum Gasteiger partial charge on any atom is -0.378 e. The van der Waals surface area contributed by atoms with Crippen molar-refractivity contribution in [2.24, 2.45) is 0 Å². The van der Waals surface area contributed by atoms with Crippen LogP contribution in [0.15, 0.2) is 42.6 Å². The van der Waals surface area contributed by atoms with E-state index in [1.54, 1.807) is 12.1 Å². The van der Waals surface area contributed by atoms with Crippen molar-refractivity contribution in [3.63, 3.8) is 0 Å². The summed E-state index contributed by atoms with van der Waals surface area (Å²) in [6.45, 7) is 7.70. The number of morpholine rings is 1. The van der Waals surface area contributed by atoms with Crippen LogP contribution in [0, 0.1) is 12.7 Å². The fourth-order valence-corrected chi connectivity index (χ4v) is 4.01. The standard InChI is InChI=1S/C23H26FN7O/c1-17-5-6-19(24)18(16-17)21-26-22(28-23(27-21)31-12-14-32-15-13-31)30-10-8-29(9-11-30)20-4-2-3-7-25-20/h2-7,16H,8-15H2,1H3. The van der Waals surface area contributed by atoms with Gasteiger partial charge in [-0.25, -0.2) is 9.37 Å². The fourth-order valence-electron chi connectivity index (χ4n) is 4.01. The third-order valence-corrected chi connectivity index (χ3v) is 5.80. The second kappa shape index (κ2) is 9.04. The molecule has 0 spiro atoms. The Labute approximate surface area is 186 Å². The van der Waals surface area contributed by atoms with E-state index in [-0.39, 0.29) is 5.82 Å². The molecule has 32 heavy (non-hydrogen) atoms. The molecular formula is C23H26FN7O. The summed E-state index contributed by atoms with van der Waals surface area (Å²) < 4.78 is 20.2. The zero-order valence-electron chi connectivity index (χ0n) is 18.1. The predicted octanol–water partition coefficient (Wildman–Crippen LogP) is 2.54. The van der Waals surface area contributed by atoms with Crippen LogP contribution in [0.5, 0.6) is 0 Å². The molecule has 0 unspecified atom stereocenters. The first-order valence-electron chi connectivity index (χ1n) is 10.9. The molecule has 4 heterocycles. The van der Waals surface area contributed by atoms with E-state index in [0.717, 1.165) is 37.6 Å². The Bertz CT molecular complexity index is 1070.